The van der Waals surface area contributed by atoms with E-state index < -0.39 is 17.6 Å². The van der Waals surface area contributed by atoms with Crippen LogP contribution in [0.25, 0.3) is 11.2 Å². The molecule has 0 radical (unpaired) electrons. The summed E-state index contributed by atoms with van der Waals surface area (Å²) in [7, 11) is 1.28. The summed E-state index contributed by atoms with van der Waals surface area (Å²) in [5.74, 6) is -0.487. The van der Waals surface area contributed by atoms with Crippen LogP contribution in [-0.2, 0) is 9.53 Å². The van der Waals surface area contributed by atoms with Crippen molar-refractivity contribution in [1.82, 2.24) is 19.5 Å². The molecule has 0 aromatic carbocycles. The number of aromatic amines is 1. The number of fused-ring (bicyclic) bond motifs is 1. The molecule has 0 aliphatic rings. The zero-order valence-electron chi connectivity index (χ0n) is 9.30. The van der Waals surface area contributed by atoms with Gasteiger partial charge in [0, 0.05) is 0 Å². The topological polar surface area (TPSA) is 116 Å². The second-order valence-electron chi connectivity index (χ2n) is 3.47. The van der Waals surface area contributed by atoms with Gasteiger partial charge in [0.15, 0.2) is 11.2 Å². The summed E-state index contributed by atoms with van der Waals surface area (Å²) in [4.78, 5) is 33.2. The first-order chi connectivity index (χ1) is 8.04. The number of methoxy groups -OCH3 is 1. The van der Waals surface area contributed by atoms with Gasteiger partial charge in [0.1, 0.15) is 6.04 Å². The van der Waals surface area contributed by atoms with E-state index in [-0.39, 0.29) is 17.1 Å². The molecule has 0 aliphatic heterocycles. The van der Waals surface area contributed by atoms with Gasteiger partial charge in [0.25, 0.3) is 5.56 Å². The Labute approximate surface area is 95.4 Å². The average molecular weight is 237 g/mol. The highest BCUT2D eigenvalue weighted by Crippen LogP contribution is 2.14. The van der Waals surface area contributed by atoms with Crippen molar-refractivity contribution >= 4 is 23.1 Å². The number of nitrogens with zero attached hydrogens (tertiary/aromatic N) is 3. The van der Waals surface area contributed by atoms with Crippen LogP contribution < -0.4 is 11.3 Å². The summed E-state index contributed by atoms with van der Waals surface area (Å²) in [6.45, 7) is 1.60. The summed E-state index contributed by atoms with van der Waals surface area (Å²) < 4.78 is 6.00. The maximum Gasteiger partial charge on any atom is 0.328 e. The van der Waals surface area contributed by atoms with Crippen LogP contribution in [-0.4, -0.2) is 32.6 Å². The SMILES string of the molecule is COC(=O)C(C)n1cnc2nc(N)[nH]c(=O)c21. The van der Waals surface area contributed by atoms with Crippen molar-refractivity contribution in [3.8, 4) is 0 Å². The van der Waals surface area contributed by atoms with Crippen LogP contribution in [0, 0.1) is 0 Å². The number of nitrogens with one attached hydrogen (secondary N) is 1. The van der Waals surface area contributed by atoms with Crippen LogP contribution >= 0.6 is 0 Å². The molecule has 8 heteroatoms. The number of carbonyl (C=O) groups excluding carboxylic acids is 1. The lowest BCUT2D eigenvalue weighted by Crippen LogP contribution is -2.21. The molecule has 0 fully saturated rings. The standard InChI is InChI=1S/C9H11N5O3/c1-4(8(16)17-2)14-3-11-6-5(14)7(15)13-9(10)12-6/h3-4H,1-2H3,(H3,10,12,13,15). The Kier molecular flexibility index (Phi) is 2.54. The predicted octanol–water partition coefficient (Wildman–Crippen LogP) is -0.564. The number of imidazole rings is 1. The second kappa shape index (κ2) is 3.89. The smallest absolute Gasteiger partial charge is 0.328 e. The number of esters is 1. The molecular formula is C9H11N5O3. The molecule has 0 saturated heterocycles. The number of anilines is 1. The highest BCUT2D eigenvalue weighted by atomic mass is 16.5. The fourth-order valence-electron chi connectivity index (χ4n) is 1.55. The highest BCUT2D eigenvalue weighted by Gasteiger charge is 2.20. The summed E-state index contributed by atoms with van der Waals surface area (Å²) in [5, 5.41) is 0. The lowest BCUT2D eigenvalue weighted by atomic mass is 10.3. The molecule has 0 bridgehead atoms. The van der Waals surface area contributed by atoms with Crippen molar-refractivity contribution in [2.75, 3.05) is 12.8 Å². The summed E-state index contributed by atoms with van der Waals surface area (Å²) >= 11 is 0. The van der Waals surface area contributed by atoms with Gasteiger partial charge in [-0.25, -0.2) is 9.78 Å². The summed E-state index contributed by atoms with van der Waals surface area (Å²) in [6.07, 6.45) is 1.36. The van der Waals surface area contributed by atoms with Crippen LogP contribution in [0.5, 0.6) is 0 Å². The molecule has 3 N–H and O–H groups in total. The molecule has 90 valence electrons. The molecular weight excluding hydrogens is 226 g/mol. The minimum absolute atomic E-state index is 0.0153. The van der Waals surface area contributed by atoms with E-state index in [1.54, 1.807) is 6.92 Å². The van der Waals surface area contributed by atoms with Gasteiger partial charge in [0.2, 0.25) is 5.95 Å². The maximum atomic E-state index is 11.7. The molecule has 1 atom stereocenters. The van der Waals surface area contributed by atoms with E-state index >= 15 is 0 Å². The van der Waals surface area contributed by atoms with Gasteiger partial charge in [-0.3, -0.25) is 9.78 Å². The van der Waals surface area contributed by atoms with Gasteiger partial charge < -0.3 is 15.0 Å². The first-order valence-electron chi connectivity index (χ1n) is 4.84. The fourth-order valence-corrected chi connectivity index (χ4v) is 1.55. The Morgan fingerprint density at radius 3 is 3.00 bits per heavy atom. The van der Waals surface area contributed by atoms with Crippen LogP contribution in [0.3, 0.4) is 0 Å². The Bertz CT molecular complexity index is 629. The number of aromatic nitrogens is 4. The number of nitrogens with two attached hydrogens (primary N) is 1. The molecule has 0 aliphatic carbocycles. The van der Waals surface area contributed by atoms with E-state index in [0.29, 0.717) is 0 Å². The molecule has 2 heterocycles. The second-order valence-corrected chi connectivity index (χ2v) is 3.47. The van der Waals surface area contributed by atoms with Crippen molar-refractivity contribution in [1.29, 1.82) is 0 Å². The minimum Gasteiger partial charge on any atom is -0.467 e. The molecule has 8 nitrogen and oxygen atoms in total. The molecule has 0 spiro atoms. The van der Waals surface area contributed by atoms with E-state index in [9.17, 15) is 9.59 Å². The predicted molar refractivity (Wildman–Crippen MR) is 59.3 cm³/mol. The number of carbonyl (C=O) groups is 1. The van der Waals surface area contributed by atoms with Gasteiger partial charge in [-0.1, -0.05) is 0 Å². The quantitative estimate of drug-likeness (QED) is 0.676. The molecule has 0 amide bonds. The Morgan fingerprint density at radius 1 is 1.65 bits per heavy atom. The zero-order chi connectivity index (χ0) is 12.6. The Balaban J connectivity index is 2.64. The van der Waals surface area contributed by atoms with Crippen molar-refractivity contribution in [2.24, 2.45) is 0 Å². The number of hydrogen-bond donors (Lipinski definition) is 2. The fraction of sp³-hybridized carbons (Fsp3) is 0.333. The number of nitrogen functional groups attached to an aromatic ring is 1. The normalized spacial score (nSPS) is 12.6. The lowest BCUT2D eigenvalue weighted by molar-refractivity contribution is -0.143. The third kappa shape index (κ3) is 1.73. The van der Waals surface area contributed by atoms with Gasteiger partial charge in [-0.15, -0.1) is 0 Å². The van der Waals surface area contributed by atoms with Crippen LogP contribution in [0.2, 0.25) is 0 Å². The van der Waals surface area contributed by atoms with Crippen molar-refractivity contribution in [3.05, 3.63) is 16.7 Å². The molecule has 0 saturated carbocycles. The van der Waals surface area contributed by atoms with Crippen LogP contribution in [0.1, 0.15) is 13.0 Å². The van der Waals surface area contributed by atoms with Crippen molar-refractivity contribution in [2.45, 2.75) is 13.0 Å². The maximum absolute atomic E-state index is 11.7. The van der Waals surface area contributed by atoms with Gasteiger partial charge in [-0.2, -0.15) is 4.98 Å². The van der Waals surface area contributed by atoms with Crippen molar-refractivity contribution in [3.63, 3.8) is 0 Å². The molecule has 17 heavy (non-hydrogen) atoms. The van der Waals surface area contributed by atoms with Gasteiger partial charge in [0.05, 0.1) is 13.4 Å². The van der Waals surface area contributed by atoms with Gasteiger partial charge in [-0.05, 0) is 6.92 Å². The average Bonchev–Trinajstić information content (AvgIpc) is 2.70. The Morgan fingerprint density at radius 2 is 2.35 bits per heavy atom. The van der Waals surface area contributed by atoms with Crippen molar-refractivity contribution < 1.29 is 9.53 Å². The third-order valence-electron chi connectivity index (χ3n) is 2.42. The number of rotatable bonds is 2. The molecule has 2 aromatic rings. The first kappa shape index (κ1) is 11.1. The monoisotopic (exact) mass is 237 g/mol. The molecule has 2 rings (SSSR count). The molecule has 2 aromatic heterocycles. The van der Waals surface area contributed by atoms with E-state index in [1.165, 1.54) is 18.0 Å². The van der Waals surface area contributed by atoms with Crippen LogP contribution in [0.4, 0.5) is 5.95 Å². The van der Waals surface area contributed by atoms with E-state index in [2.05, 4.69) is 19.7 Å². The lowest BCUT2D eigenvalue weighted by Gasteiger charge is -2.10. The summed E-state index contributed by atoms with van der Waals surface area (Å²) in [5.41, 5.74) is 5.33. The summed E-state index contributed by atoms with van der Waals surface area (Å²) in [6, 6.07) is -0.656. The Hall–Kier alpha value is -2.38. The third-order valence-corrected chi connectivity index (χ3v) is 2.42. The highest BCUT2D eigenvalue weighted by molar-refractivity contribution is 5.78. The van der Waals surface area contributed by atoms with E-state index in [1.807, 2.05) is 0 Å². The number of H-pyrrole nitrogens is 1. The molecule has 1 unspecified atom stereocenters. The zero-order valence-corrected chi connectivity index (χ0v) is 9.30. The number of ether oxygens (including phenoxy) is 1. The largest absolute Gasteiger partial charge is 0.467 e. The van der Waals surface area contributed by atoms with Gasteiger partial charge >= 0.3 is 5.97 Å². The van der Waals surface area contributed by atoms with Crippen LogP contribution in [0.15, 0.2) is 11.1 Å². The first-order valence-corrected chi connectivity index (χ1v) is 4.84. The van der Waals surface area contributed by atoms with E-state index in [0.717, 1.165) is 0 Å². The minimum atomic E-state index is -0.656. The number of hydrogen-bond acceptors (Lipinski definition) is 6. The van der Waals surface area contributed by atoms with E-state index in [4.69, 9.17) is 5.73 Å².